The number of rotatable bonds is 2. The van der Waals surface area contributed by atoms with Crippen molar-refractivity contribution in [2.24, 2.45) is 0 Å². The lowest BCUT2D eigenvalue weighted by Gasteiger charge is -2.36. The summed E-state index contributed by atoms with van der Waals surface area (Å²) in [6, 6.07) is 3.48. The Labute approximate surface area is 191 Å². The molecule has 2 aliphatic rings. The molecule has 2 aromatic heterocycles. The number of alkyl halides is 3. The van der Waals surface area contributed by atoms with E-state index < -0.39 is 29.5 Å². The van der Waals surface area contributed by atoms with Crippen LogP contribution >= 0.6 is 0 Å². The number of benzene rings is 1. The van der Waals surface area contributed by atoms with Gasteiger partial charge in [0.05, 0.1) is 49.2 Å². The molecule has 0 spiro atoms. The lowest BCUT2D eigenvalue weighted by molar-refractivity contribution is -0.140. The Morgan fingerprint density at radius 3 is 2.82 bits per heavy atom. The predicted octanol–water partition coefficient (Wildman–Crippen LogP) is 4.17. The Morgan fingerprint density at radius 2 is 2.06 bits per heavy atom. The van der Waals surface area contributed by atoms with E-state index in [1.54, 1.807) is 6.07 Å². The van der Waals surface area contributed by atoms with Crippen LogP contribution in [0, 0.1) is 5.82 Å². The van der Waals surface area contributed by atoms with Gasteiger partial charge in [0.15, 0.2) is 0 Å². The fraction of sp³-hybridized carbons (Fsp3) is 0.348. The van der Waals surface area contributed by atoms with Gasteiger partial charge in [-0.1, -0.05) is 6.07 Å². The maximum Gasteiger partial charge on any atom is 0.419 e. The molecule has 1 amide bonds. The Hall–Kier alpha value is -3.31. The number of nitrogens with zero attached hydrogens (tertiary/aromatic N) is 3. The lowest BCUT2D eigenvalue weighted by Crippen LogP contribution is -2.43. The fourth-order valence-corrected chi connectivity index (χ4v) is 4.52. The normalized spacial score (nSPS) is 20.6. The van der Waals surface area contributed by atoms with Gasteiger partial charge in [0.1, 0.15) is 17.3 Å². The van der Waals surface area contributed by atoms with Gasteiger partial charge in [0.2, 0.25) is 0 Å². The van der Waals surface area contributed by atoms with Crippen molar-refractivity contribution in [2.75, 3.05) is 25.5 Å². The number of nitrogens with two attached hydrogens (primary N) is 1. The SMILES string of the molecule is C[C@@H]1OCc2c1c(N)nc1cnc(C(=O)N3CCOC[C@H]3c3ccc(F)c(C(F)(F)F)c3)cc21. The van der Waals surface area contributed by atoms with Crippen LogP contribution in [-0.2, 0) is 22.3 Å². The van der Waals surface area contributed by atoms with Crippen LogP contribution in [0.25, 0.3) is 10.9 Å². The van der Waals surface area contributed by atoms with Crippen LogP contribution in [0.4, 0.5) is 23.4 Å². The Kier molecular flexibility index (Phi) is 5.40. The third-order valence-electron chi connectivity index (χ3n) is 6.22. The quantitative estimate of drug-likeness (QED) is 0.559. The molecule has 5 rings (SSSR count). The molecular formula is C23H20F4N4O3. The summed E-state index contributed by atoms with van der Waals surface area (Å²) in [6.45, 7) is 2.50. The van der Waals surface area contributed by atoms with Crippen molar-refractivity contribution in [3.8, 4) is 0 Å². The molecule has 1 aromatic carbocycles. The van der Waals surface area contributed by atoms with Gasteiger partial charge in [-0.25, -0.2) is 14.4 Å². The molecule has 2 N–H and O–H groups in total. The van der Waals surface area contributed by atoms with Crippen LogP contribution in [-0.4, -0.2) is 40.5 Å². The van der Waals surface area contributed by atoms with Gasteiger partial charge < -0.3 is 20.1 Å². The summed E-state index contributed by atoms with van der Waals surface area (Å²) >= 11 is 0. The van der Waals surface area contributed by atoms with Crippen molar-refractivity contribution >= 4 is 22.6 Å². The summed E-state index contributed by atoms with van der Waals surface area (Å²) in [5.74, 6) is -1.51. The van der Waals surface area contributed by atoms with Crippen LogP contribution in [0.5, 0.6) is 0 Å². The second kappa shape index (κ2) is 8.17. The van der Waals surface area contributed by atoms with Gasteiger partial charge in [0, 0.05) is 17.5 Å². The first kappa shape index (κ1) is 22.5. The molecule has 178 valence electrons. The van der Waals surface area contributed by atoms with Crippen LogP contribution in [0.2, 0.25) is 0 Å². The van der Waals surface area contributed by atoms with Crippen molar-refractivity contribution < 1.29 is 31.8 Å². The molecule has 2 aliphatic heterocycles. The first-order valence-electron chi connectivity index (χ1n) is 10.6. The third kappa shape index (κ3) is 3.74. The first-order valence-corrected chi connectivity index (χ1v) is 10.6. The molecular weight excluding hydrogens is 456 g/mol. The molecule has 0 saturated carbocycles. The van der Waals surface area contributed by atoms with Crippen molar-refractivity contribution in [2.45, 2.75) is 31.9 Å². The highest BCUT2D eigenvalue weighted by Gasteiger charge is 2.37. The zero-order valence-corrected chi connectivity index (χ0v) is 18.0. The highest BCUT2D eigenvalue weighted by molar-refractivity contribution is 5.97. The van der Waals surface area contributed by atoms with Crippen molar-refractivity contribution in [3.05, 3.63) is 64.2 Å². The summed E-state index contributed by atoms with van der Waals surface area (Å²) in [6.07, 6.45) is -3.65. The topological polar surface area (TPSA) is 90.6 Å². The monoisotopic (exact) mass is 476 g/mol. The summed E-state index contributed by atoms with van der Waals surface area (Å²) in [5, 5.41) is 0.679. The Morgan fingerprint density at radius 1 is 1.26 bits per heavy atom. The molecule has 0 aliphatic carbocycles. The molecule has 0 bridgehead atoms. The third-order valence-corrected chi connectivity index (χ3v) is 6.22. The van der Waals surface area contributed by atoms with Crippen LogP contribution in [0.3, 0.4) is 0 Å². The van der Waals surface area contributed by atoms with E-state index in [9.17, 15) is 22.4 Å². The zero-order chi connectivity index (χ0) is 24.2. The van der Waals surface area contributed by atoms with E-state index >= 15 is 0 Å². The summed E-state index contributed by atoms with van der Waals surface area (Å²) in [4.78, 5) is 23.4. The molecule has 1 saturated heterocycles. The van der Waals surface area contributed by atoms with E-state index in [0.717, 1.165) is 23.3 Å². The maximum atomic E-state index is 13.8. The van der Waals surface area contributed by atoms with Gasteiger partial charge in [-0.15, -0.1) is 0 Å². The highest BCUT2D eigenvalue weighted by Crippen LogP contribution is 2.38. The molecule has 3 aromatic rings. The Balaban J connectivity index is 1.53. The zero-order valence-electron chi connectivity index (χ0n) is 18.0. The minimum Gasteiger partial charge on any atom is -0.383 e. The number of aromatic nitrogens is 2. The number of hydrogen-bond donors (Lipinski definition) is 1. The number of amides is 1. The van der Waals surface area contributed by atoms with Crippen molar-refractivity contribution in [3.63, 3.8) is 0 Å². The standard InChI is InChI=1S/C23H20F4N4O3/c1-11-20-14(9-34-11)13-7-17(29-8-18(13)30-21(20)28)22(32)31-4-5-33-10-19(31)12-2-3-16(24)15(6-12)23(25,26)27/h2-3,6-8,11,19H,4-5,9-10H2,1H3,(H2,28,30)/t11-,19-/m0/s1. The van der Waals surface area contributed by atoms with Gasteiger partial charge in [-0.3, -0.25) is 4.79 Å². The Bertz CT molecular complexity index is 1300. The molecule has 34 heavy (non-hydrogen) atoms. The van der Waals surface area contributed by atoms with Crippen molar-refractivity contribution in [1.29, 1.82) is 0 Å². The number of fused-ring (bicyclic) bond motifs is 3. The number of ether oxygens (including phenoxy) is 2. The smallest absolute Gasteiger partial charge is 0.383 e. The van der Waals surface area contributed by atoms with Crippen LogP contribution in [0.1, 0.15) is 51.8 Å². The van der Waals surface area contributed by atoms with Gasteiger partial charge in [-0.2, -0.15) is 13.2 Å². The van der Waals surface area contributed by atoms with Crippen molar-refractivity contribution in [1.82, 2.24) is 14.9 Å². The van der Waals surface area contributed by atoms with Gasteiger partial charge >= 0.3 is 6.18 Å². The van der Waals surface area contributed by atoms with E-state index in [0.29, 0.717) is 23.3 Å². The molecule has 2 atom stereocenters. The maximum absolute atomic E-state index is 13.8. The number of pyridine rings is 2. The molecule has 0 radical (unpaired) electrons. The number of morpholine rings is 1. The number of anilines is 1. The number of nitrogen functional groups attached to an aromatic ring is 1. The average molecular weight is 476 g/mol. The molecule has 7 nitrogen and oxygen atoms in total. The van der Waals surface area contributed by atoms with E-state index in [-0.39, 0.29) is 37.1 Å². The number of carbonyl (C=O) groups is 1. The first-order chi connectivity index (χ1) is 16.1. The average Bonchev–Trinajstić information content (AvgIpc) is 3.20. The number of carbonyl (C=O) groups excluding carboxylic acids is 1. The van der Waals surface area contributed by atoms with E-state index in [1.165, 1.54) is 17.2 Å². The second-order valence-corrected chi connectivity index (χ2v) is 8.26. The summed E-state index contributed by atoms with van der Waals surface area (Å²) in [5.41, 5.74) is 7.02. The predicted molar refractivity (Wildman–Crippen MR) is 113 cm³/mol. The second-order valence-electron chi connectivity index (χ2n) is 8.26. The van der Waals surface area contributed by atoms with Crippen LogP contribution < -0.4 is 5.73 Å². The minimum atomic E-state index is -4.86. The van der Waals surface area contributed by atoms with E-state index in [1.807, 2.05) is 6.92 Å². The molecule has 0 unspecified atom stereocenters. The summed E-state index contributed by atoms with van der Waals surface area (Å²) < 4.78 is 64.6. The van der Waals surface area contributed by atoms with E-state index in [4.69, 9.17) is 15.2 Å². The fourth-order valence-electron chi connectivity index (χ4n) is 4.52. The molecule has 11 heteroatoms. The summed E-state index contributed by atoms with van der Waals surface area (Å²) in [7, 11) is 0. The van der Waals surface area contributed by atoms with E-state index in [2.05, 4.69) is 9.97 Å². The molecule has 4 heterocycles. The van der Waals surface area contributed by atoms with Crippen LogP contribution in [0.15, 0.2) is 30.5 Å². The highest BCUT2D eigenvalue weighted by atomic mass is 19.4. The number of hydrogen-bond acceptors (Lipinski definition) is 6. The minimum absolute atomic E-state index is 0.0267. The van der Waals surface area contributed by atoms with Gasteiger partial charge in [-0.05, 0) is 36.2 Å². The molecule has 1 fully saturated rings. The lowest BCUT2D eigenvalue weighted by atomic mass is 10.00. The number of halogens is 4. The van der Waals surface area contributed by atoms with Gasteiger partial charge in [0.25, 0.3) is 5.91 Å². The largest absolute Gasteiger partial charge is 0.419 e.